The third-order valence-corrected chi connectivity index (χ3v) is 2.26. The van der Waals surface area contributed by atoms with Gasteiger partial charge < -0.3 is 20.3 Å². The maximum absolute atomic E-state index is 9.10. The predicted octanol–water partition coefficient (Wildman–Crippen LogP) is -0.706. The summed E-state index contributed by atoms with van der Waals surface area (Å²) in [7, 11) is 0. The van der Waals surface area contributed by atoms with E-state index in [9.17, 15) is 0 Å². The number of aliphatic carboxylic acids is 2. The highest BCUT2D eigenvalue weighted by Gasteiger charge is 2.40. The summed E-state index contributed by atoms with van der Waals surface area (Å²) < 4.78 is 5.51. The summed E-state index contributed by atoms with van der Waals surface area (Å²) in [4.78, 5) is 18.2. The Balaban J connectivity index is 0.000000149. The van der Waals surface area contributed by atoms with Crippen molar-refractivity contribution in [3.05, 3.63) is 0 Å². The first-order valence-corrected chi connectivity index (χ1v) is 4.37. The third-order valence-electron chi connectivity index (χ3n) is 2.26. The van der Waals surface area contributed by atoms with Crippen LogP contribution in [0.2, 0.25) is 0 Å². The first-order valence-electron chi connectivity index (χ1n) is 4.37. The molecule has 0 aromatic carbocycles. The molecule has 0 aliphatic carbocycles. The fourth-order valence-electron chi connectivity index (χ4n) is 1.44. The second kappa shape index (κ2) is 4.39. The van der Waals surface area contributed by atoms with Crippen LogP contribution in [-0.4, -0.2) is 47.4 Å². The van der Waals surface area contributed by atoms with Crippen LogP contribution in [0, 0.1) is 0 Å². The van der Waals surface area contributed by atoms with Crippen LogP contribution in [-0.2, 0) is 14.3 Å². The number of hydrogen-bond donors (Lipinski definition) is 3. The molecule has 2 aliphatic rings. The van der Waals surface area contributed by atoms with E-state index in [0.29, 0.717) is 5.60 Å². The van der Waals surface area contributed by atoms with Gasteiger partial charge in [0.15, 0.2) is 0 Å². The van der Waals surface area contributed by atoms with E-state index in [0.717, 1.165) is 19.7 Å². The number of nitrogens with one attached hydrogen (secondary N) is 1. The van der Waals surface area contributed by atoms with Crippen molar-refractivity contribution in [2.75, 3.05) is 19.7 Å². The van der Waals surface area contributed by atoms with Gasteiger partial charge in [-0.2, -0.15) is 0 Å². The van der Waals surface area contributed by atoms with Crippen LogP contribution < -0.4 is 5.32 Å². The Morgan fingerprint density at radius 1 is 1.21 bits per heavy atom. The highest BCUT2D eigenvalue weighted by molar-refractivity contribution is 6.27. The molecule has 2 aliphatic heterocycles. The van der Waals surface area contributed by atoms with Crippen LogP contribution >= 0.6 is 0 Å². The molecule has 1 spiro atoms. The molecular weight excluding hydrogens is 190 g/mol. The lowest BCUT2D eigenvalue weighted by atomic mass is 9.94. The van der Waals surface area contributed by atoms with Crippen LogP contribution in [0.3, 0.4) is 0 Å². The highest BCUT2D eigenvalue weighted by atomic mass is 16.5. The van der Waals surface area contributed by atoms with E-state index < -0.39 is 11.9 Å². The monoisotopic (exact) mass is 203 g/mol. The molecule has 2 fully saturated rings. The molecule has 0 saturated carbocycles. The van der Waals surface area contributed by atoms with E-state index in [2.05, 4.69) is 5.32 Å². The molecule has 2 saturated heterocycles. The SMILES string of the molecule is C1COC2(C1)CNC2.O=C(O)C(=O)O. The lowest BCUT2D eigenvalue weighted by molar-refractivity contribution is -0.159. The Bertz CT molecular complexity index is 216. The largest absolute Gasteiger partial charge is 0.473 e. The Kier molecular flexibility index (Phi) is 3.43. The first kappa shape index (κ1) is 10.9. The van der Waals surface area contributed by atoms with E-state index in [1.165, 1.54) is 12.8 Å². The van der Waals surface area contributed by atoms with Crippen molar-refractivity contribution in [1.82, 2.24) is 5.32 Å². The first-order chi connectivity index (χ1) is 6.56. The molecule has 0 aromatic rings. The van der Waals surface area contributed by atoms with Crippen molar-refractivity contribution in [1.29, 1.82) is 0 Å². The smallest absolute Gasteiger partial charge is 0.414 e. The Hall–Kier alpha value is -1.14. The maximum atomic E-state index is 9.10. The zero-order chi connectivity index (χ0) is 10.6. The second-order valence-electron chi connectivity index (χ2n) is 3.35. The molecule has 6 heteroatoms. The van der Waals surface area contributed by atoms with E-state index in [4.69, 9.17) is 24.5 Å². The van der Waals surface area contributed by atoms with Crippen molar-refractivity contribution in [3.8, 4) is 0 Å². The van der Waals surface area contributed by atoms with Crippen molar-refractivity contribution in [2.45, 2.75) is 18.4 Å². The number of rotatable bonds is 0. The van der Waals surface area contributed by atoms with Crippen LogP contribution in [0.25, 0.3) is 0 Å². The number of ether oxygens (including phenoxy) is 1. The average Bonchev–Trinajstić information content (AvgIpc) is 2.51. The summed E-state index contributed by atoms with van der Waals surface area (Å²) in [6.07, 6.45) is 2.54. The van der Waals surface area contributed by atoms with Crippen LogP contribution in [0.5, 0.6) is 0 Å². The molecule has 6 nitrogen and oxygen atoms in total. The fraction of sp³-hybridized carbons (Fsp3) is 0.750. The number of carbonyl (C=O) groups is 2. The molecule has 2 heterocycles. The molecule has 0 aromatic heterocycles. The summed E-state index contributed by atoms with van der Waals surface area (Å²) in [5, 5.41) is 18.0. The summed E-state index contributed by atoms with van der Waals surface area (Å²) in [6.45, 7) is 3.17. The van der Waals surface area contributed by atoms with Crippen LogP contribution in [0.15, 0.2) is 0 Å². The van der Waals surface area contributed by atoms with Crippen molar-refractivity contribution < 1.29 is 24.5 Å². The quantitative estimate of drug-likeness (QED) is 0.450. The minimum absolute atomic E-state index is 0.306. The van der Waals surface area contributed by atoms with Gasteiger partial charge in [-0.1, -0.05) is 0 Å². The predicted molar refractivity (Wildman–Crippen MR) is 46.1 cm³/mol. The van der Waals surface area contributed by atoms with E-state index in [1.54, 1.807) is 0 Å². The van der Waals surface area contributed by atoms with E-state index in [1.807, 2.05) is 0 Å². The third kappa shape index (κ3) is 2.68. The molecule has 0 bridgehead atoms. The zero-order valence-corrected chi connectivity index (χ0v) is 7.65. The summed E-state index contributed by atoms with van der Waals surface area (Å²) in [5.74, 6) is -3.65. The van der Waals surface area contributed by atoms with Gasteiger partial charge in [-0.3, -0.25) is 0 Å². The zero-order valence-electron chi connectivity index (χ0n) is 7.65. The molecule has 3 N–H and O–H groups in total. The van der Waals surface area contributed by atoms with Gasteiger partial charge in [0.2, 0.25) is 0 Å². The molecule has 0 radical (unpaired) electrons. The minimum Gasteiger partial charge on any atom is -0.473 e. The number of carboxylic acid groups (broad SMARTS) is 2. The standard InChI is InChI=1S/C6H11NO.C2H2O4/c1-2-6(8-3-1)4-7-5-6;3-1(4)2(5)6/h7H,1-5H2;(H,3,4)(H,5,6). The van der Waals surface area contributed by atoms with Gasteiger partial charge in [0, 0.05) is 19.7 Å². The molecule has 2 rings (SSSR count). The number of carboxylic acids is 2. The lowest BCUT2D eigenvalue weighted by Gasteiger charge is -2.37. The molecule has 0 amide bonds. The fourth-order valence-corrected chi connectivity index (χ4v) is 1.44. The topological polar surface area (TPSA) is 95.9 Å². The van der Waals surface area contributed by atoms with E-state index >= 15 is 0 Å². The second-order valence-corrected chi connectivity index (χ2v) is 3.35. The summed E-state index contributed by atoms with van der Waals surface area (Å²) in [6, 6.07) is 0. The minimum atomic E-state index is -1.82. The molecule has 0 unspecified atom stereocenters. The molecule has 0 atom stereocenters. The summed E-state index contributed by atoms with van der Waals surface area (Å²) in [5.41, 5.74) is 0.306. The van der Waals surface area contributed by atoms with Gasteiger partial charge in [0.05, 0.1) is 5.60 Å². The van der Waals surface area contributed by atoms with Crippen LogP contribution in [0.4, 0.5) is 0 Å². The van der Waals surface area contributed by atoms with E-state index in [-0.39, 0.29) is 0 Å². The van der Waals surface area contributed by atoms with Gasteiger partial charge in [0.1, 0.15) is 0 Å². The van der Waals surface area contributed by atoms with Crippen molar-refractivity contribution in [2.24, 2.45) is 0 Å². The van der Waals surface area contributed by atoms with Gasteiger partial charge in [-0.15, -0.1) is 0 Å². The molecule has 14 heavy (non-hydrogen) atoms. The Morgan fingerprint density at radius 2 is 1.79 bits per heavy atom. The highest BCUT2D eigenvalue weighted by Crippen LogP contribution is 2.28. The summed E-state index contributed by atoms with van der Waals surface area (Å²) >= 11 is 0. The average molecular weight is 203 g/mol. The normalized spacial score (nSPS) is 22.0. The lowest BCUT2D eigenvalue weighted by Crippen LogP contribution is -2.58. The molecular formula is C8H13NO5. The molecule has 80 valence electrons. The van der Waals surface area contributed by atoms with Crippen LogP contribution in [0.1, 0.15) is 12.8 Å². The van der Waals surface area contributed by atoms with Crippen molar-refractivity contribution >= 4 is 11.9 Å². The van der Waals surface area contributed by atoms with Gasteiger partial charge in [-0.25, -0.2) is 9.59 Å². The van der Waals surface area contributed by atoms with Crippen molar-refractivity contribution in [3.63, 3.8) is 0 Å². The van der Waals surface area contributed by atoms with Gasteiger partial charge in [0.25, 0.3) is 0 Å². The number of hydrogen-bond acceptors (Lipinski definition) is 4. The van der Waals surface area contributed by atoms with Gasteiger partial charge >= 0.3 is 11.9 Å². The Labute approximate surface area is 80.9 Å². The maximum Gasteiger partial charge on any atom is 0.414 e. The van der Waals surface area contributed by atoms with Gasteiger partial charge in [-0.05, 0) is 12.8 Å². The Morgan fingerprint density at radius 3 is 1.93 bits per heavy atom.